The number of hydrogen-bond donors (Lipinski definition) is 1. The summed E-state index contributed by atoms with van der Waals surface area (Å²) < 4.78 is 16.3. The molecule has 2 aromatic rings. The average Bonchev–Trinajstić information content (AvgIpc) is 2.67. The smallest absolute Gasteiger partial charge is 0.131 e. The Morgan fingerprint density at radius 2 is 2.05 bits per heavy atom. The van der Waals surface area contributed by atoms with Gasteiger partial charge in [-0.1, -0.05) is 19.1 Å². The van der Waals surface area contributed by atoms with Gasteiger partial charge in [-0.3, -0.25) is 4.68 Å². The summed E-state index contributed by atoms with van der Waals surface area (Å²) in [6, 6.07) is 5.42. The van der Waals surface area contributed by atoms with Crippen molar-refractivity contribution < 1.29 is 4.39 Å². The number of aryl methyl sites for hydroxylation is 2. The largest absolute Gasteiger partial charge is 0.316 e. The van der Waals surface area contributed by atoms with Crippen LogP contribution in [0.15, 0.2) is 18.2 Å². The second kappa shape index (κ2) is 6.18. The molecule has 0 aliphatic carbocycles. The fourth-order valence-electron chi connectivity index (χ4n) is 2.59. The molecule has 1 heterocycles. The minimum atomic E-state index is -0.181. The molecular formula is C16H22FN3. The van der Waals surface area contributed by atoms with Gasteiger partial charge in [0.05, 0.1) is 5.69 Å². The normalized spacial score (nSPS) is 11.1. The van der Waals surface area contributed by atoms with Crippen molar-refractivity contribution in [1.29, 1.82) is 0 Å². The molecule has 0 amide bonds. The topological polar surface area (TPSA) is 29.9 Å². The highest BCUT2D eigenvalue weighted by atomic mass is 19.1. The third-order valence-electron chi connectivity index (χ3n) is 3.50. The van der Waals surface area contributed by atoms with Crippen LogP contribution in [0.4, 0.5) is 4.39 Å². The van der Waals surface area contributed by atoms with E-state index in [2.05, 4.69) is 17.3 Å². The van der Waals surface area contributed by atoms with Crippen LogP contribution < -0.4 is 5.32 Å². The van der Waals surface area contributed by atoms with Crippen LogP contribution in [0.3, 0.4) is 0 Å². The number of benzene rings is 1. The Labute approximate surface area is 119 Å². The van der Waals surface area contributed by atoms with Gasteiger partial charge < -0.3 is 5.32 Å². The molecule has 3 nitrogen and oxygen atoms in total. The van der Waals surface area contributed by atoms with Crippen LogP contribution in [0.25, 0.3) is 11.1 Å². The molecule has 1 aromatic heterocycles. The summed E-state index contributed by atoms with van der Waals surface area (Å²) in [5.74, 6) is -0.181. The van der Waals surface area contributed by atoms with Gasteiger partial charge in [-0.25, -0.2) is 4.39 Å². The number of hydrogen-bond acceptors (Lipinski definition) is 2. The average molecular weight is 275 g/mol. The lowest BCUT2D eigenvalue weighted by atomic mass is 10.0. The van der Waals surface area contributed by atoms with Crippen molar-refractivity contribution in [2.24, 2.45) is 0 Å². The molecule has 0 unspecified atom stereocenters. The molecule has 0 spiro atoms. The summed E-state index contributed by atoms with van der Waals surface area (Å²) in [5.41, 5.74) is 4.43. The number of nitrogens with zero attached hydrogens (tertiary/aromatic N) is 2. The van der Waals surface area contributed by atoms with Gasteiger partial charge in [-0.05, 0) is 38.9 Å². The first-order valence-electron chi connectivity index (χ1n) is 7.05. The van der Waals surface area contributed by atoms with Gasteiger partial charge in [0.25, 0.3) is 0 Å². The molecule has 0 aliphatic heterocycles. The molecule has 0 fully saturated rings. The number of halogens is 1. The quantitative estimate of drug-likeness (QED) is 0.906. The molecule has 4 heteroatoms. The third-order valence-corrected chi connectivity index (χ3v) is 3.50. The van der Waals surface area contributed by atoms with E-state index in [1.807, 2.05) is 37.7 Å². The Hall–Kier alpha value is -1.68. The molecular weight excluding hydrogens is 253 g/mol. The minimum Gasteiger partial charge on any atom is -0.316 e. The molecule has 1 aromatic carbocycles. The van der Waals surface area contributed by atoms with Gasteiger partial charge in [0.2, 0.25) is 0 Å². The molecule has 108 valence electrons. The minimum absolute atomic E-state index is 0.181. The maximum atomic E-state index is 14.3. The second-order valence-electron chi connectivity index (χ2n) is 5.11. The Morgan fingerprint density at radius 1 is 1.30 bits per heavy atom. The summed E-state index contributed by atoms with van der Waals surface area (Å²) in [6.45, 7) is 7.60. The van der Waals surface area contributed by atoms with Crippen LogP contribution >= 0.6 is 0 Å². The first-order chi connectivity index (χ1) is 9.58. The van der Waals surface area contributed by atoms with Crippen LogP contribution in [0.1, 0.15) is 30.3 Å². The van der Waals surface area contributed by atoms with E-state index in [9.17, 15) is 4.39 Å². The number of nitrogens with one attached hydrogen (secondary N) is 1. The Morgan fingerprint density at radius 3 is 2.65 bits per heavy atom. The highest BCUT2D eigenvalue weighted by Crippen LogP contribution is 2.29. The molecule has 2 rings (SSSR count). The lowest BCUT2D eigenvalue weighted by molar-refractivity contribution is 0.583. The third kappa shape index (κ3) is 2.75. The van der Waals surface area contributed by atoms with Crippen molar-refractivity contribution >= 4 is 0 Å². The summed E-state index contributed by atoms with van der Waals surface area (Å²) >= 11 is 0. The van der Waals surface area contributed by atoms with Crippen LogP contribution in [-0.2, 0) is 13.1 Å². The van der Waals surface area contributed by atoms with Gasteiger partial charge in [-0.15, -0.1) is 0 Å². The zero-order valence-corrected chi connectivity index (χ0v) is 12.6. The van der Waals surface area contributed by atoms with E-state index in [4.69, 9.17) is 0 Å². The van der Waals surface area contributed by atoms with E-state index in [0.717, 1.165) is 35.5 Å². The van der Waals surface area contributed by atoms with Gasteiger partial charge in [0, 0.05) is 29.9 Å². The van der Waals surface area contributed by atoms with Crippen LogP contribution in [-0.4, -0.2) is 16.8 Å². The highest BCUT2D eigenvalue weighted by molar-refractivity contribution is 5.69. The highest BCUT2D eigenvalue weighted by Gasteiger charge is 2.16. The number of aromatic nitrogens is 2. The first-order valence-corrected chi connectivity index (χ1v) is 7.05. The van der Waals surface area contributed by atoms with E-state index in [0.29, 0.717) is 12.1 Å². The van der Waals surface area contributed by atoms with Gasteiger partial charge in [-0.2, -0.15) is 5.10 Å². The van der Waals surface area contributed by atoms with E-state index >= 15 is 0 Å². The monoisotopic (exact) mass is 275 g/mol. The zero-order chi connectivity index (χ0) is 14.7. The maximum absolute atomic E-state index is 14.3. The van der Waals surface area contributed by atoms with Crippen molar-refractivity contribution in [3.05, 3.63) is 41.0 Å². The van der Waals surface area contributed by atoms with Crippen molar-refractivity contribution in [2.45, 2.75) is 40.3 Å². The van der Waals surface area contributed by atoms with Gasteiger partial charge in [0.15, 0.2) is 0 Å². The van der Waals surface area contributed by atoms with Crippen LogP contribution in [0.5, 0.6) is 0 Å². The predicted octanol–water partition coefficient (Wildman–Crippen LogP) is 3.44. The lowest BCUT2D eigenvalue weighted by Crippen LogP contribution is -2.05. The first kappa shape index (κ1) is 14.7. The van der Waals surface area contributed by atoms with Gasteiger partial charge >= 0.3 is 0 Å². The Bertz CT molecular complexity index is 602. The molecule has 0 saturated carbocycles. The SMILES string of the molecule is CCCn1nc(C)c(-c2ccc(CNC)cc2F)c1C. The Kier molecular flexibility index (Phi) is 4.55. The van der Waals surface area contributed by atoms with Crippen molar-refractivity contribution in [3.8, 4) is 11.1 Å². The summed E-state index contributed by atoms with van der Waals surface area (Å²) in [6.07, 6.45) is 1.02. The molecule has 0 radical (unpaired) electrons. The van der Waals surface area contributed by atoms with Crippen molar-refractivity contribution in [3.63, 3.8) is 0 Å². The van der Waals surface area contributed by atoms with Crippen molar-refractivity contribution in [1.82, 2.24) is 15.1 Å². The fourth-order valence-corrected chi connectivity index (χ4v) is 2.59. The standard InChI is InChI=1S/C16H22FN3/c1-5-8-20-12(3)16(11(2)19-20)14-7-6-13(10-18-4)9-15(14)17/h6-7,9,18H,5,8,10H2,1-4H3. The molecule has 0 bridgehead atoms. The summed E-state index contributed by atoms with van der Waals surface area (Å²) in [5, 5.41) is 7.54. The van der Waals surface area contributed by atoms with Gasteiger partial charge in [0.1, 0.15) is 5.82 Å². The summed E-state index contributed by atoms with van der Waals surface area (Å²) in [7, 11) is 1.86. The predicted molar refractivity (Wildman–Crippen MR) is 80.1 cm³/mol. The van der Waals surface area contributed by atoms with E-state index < -0.39 is 0 Å². The van der Waals surface area contributed by atoms with E-state index in [1.54, 1.807) is 6.07 Å². The Balaban J connectivity index is 2.46. The second-order valence-corrected chi connectivity index (χ2v) is 5.11. The summed E-state index contributed by atoms with van der Waals surface area (Å²) in [4.78, 5) is 0. The fraction of sp³-hybridized carbons (Fsp3) is 0.438. The molecule has 0 saturated heterocycles. The molecule has 1 N–H and O–H groups in total. The lowest BCUT2D eigenvalue weighted by Gasteiger charge is -2.07. The van der Waals surface area contributed by atoms with E-state index in [1.165, 1.54) is 0 Å². The zero-order valence-electron chi connectivity index (χ0n) is 12.6. The maximum Gasteiger partial charge on any atom is 0.131 e. The van der Waals surface area contributed by atoms with Crippen LogP contribution in [0.2, 0.25) is 0 Å². The van der Waals surface area contributed by atoms with Crippen LogP contribution in [0, 0.1) is 19.7 Å². The number of rotatable bonds is 5. The molecule has 20 heavy (non-hydrogen) atoms. The van der Waals surface area contributed by atoms with Crippen molar-refractivity contribution in [2.75, 3.05) is 7.05 Å². The molecule has 0 atom stereocenters. The molecule has 0 aliphatic rings. The van der Waals surface area contributed by atoms with E-state index in [-0.39, 0.29) is 5.82 Å².